The molecule has 3 rings (SSSR count). The number of amides is 2. The van der Waals surface area contributed by atoms with Gasteiger partial charge in [-0.2, -0.15) is 0 Å². The lowest BCUT2D eigenvalue weighted by molar-refractivity contribution is -0.274. The van der Waals surface area contributed by atoms with E-state index in [0.29, 0.717) is 42.9 Å². The highest BCUT2D eigenvalue weighted by atomic mass is 32.2. The van der Waals surface area contributed by atoms with E-state index in [-0.39, 0.29) is 29.7 Å². The molecular formula is C22H23F3N2O5S. The van der Waals surface area contributed by atoms with Crippen molar-refractivity contribution in [2.75, 3.05) is 38.2 Å². The maximum Gasteiger partial charge on any atom is 0.573 e. The van der Waals surface area contributed by atoms with Crippen molar-refractivity contribution in [2.24, 2.45) is 0 Å². The molecule has 1 heterocycles. The van der Waals surface area contributed by atoms with Crippen molar-refractivity contribution in [1.82, 2.24) is 9.80 Å². The van der Waals surface area contributed by atoms with Gasteiger partial charge in [0.25, 0.3) is 5.91 Å². The van der Waals surface area contributed by atoms with Crippen LogP contribution in [0.1, 0.15) is 16.8 Å². The second kappa shape index (κ2) is 9.82. The van der Waals surface area contributed by atoms with Gasteiger partial charge in [-0.05, 0) is 35.4 Å². The second-order valence-corrected chi connectivity index (χ2v) is 9.97. The Morgan fingerprint density at radius 1 is 0.939 bits per heavy atom. The summed E-state index contributed by atoms with van der Waals surface area (Å²) in [4.78, 5) is 28.3. The SMILES string of the molecule is CS(=O)(=O)CCC(=O)N1CCN(C(=O)c2cccc(-c3ccc(OC(F)(F)F)cc3)c2)CC1. The summed E-state index contributed by atoms with van der Waals surface area (Å²) in [7, 11) is -3.22. The van der Waals surface area contributed by atoms with E-state index >= 15 is 0 Å². The van der Waals surface area contributed by atoms with E-state index in [2.05, 4.69) is 4.74 Å². The van der Waals surface area contributed by atoms with Crippen molar-refractivity contribution >= 4 is 21.7 Å². The zero-order valence-corrected chi connectivity index (χ0v) is 18.7. The molecule has 1 saturated heterocycles. The van der Waals surface area contributed by atoms with Gasteiger partial charge in [0.1, 0.15) is 15.6 Å². The average Bonchev–Trinajstić information content (AvgIpc) is 2.76. The first kappa shape index (κ1) is 24.6. The predicted octanol–water partition coefficient (Wildman–Crippen LogP) is 2.97. The first-order chi connectivity index (χ1) is 15.4. The van der Waals surface area contributed by atoms with E-state index in [9.17, 15) is 31.2 Å². The molecule has 1 aliphatic heterocycles. The Labute approximate surface area is 189 Å². The van der Waals surface area contributed by atoms with E-state index in [1.54, 1.807) is 34.1 Å². The number of sulfone groups is 1. The number of carbonyl (C=O) groups is 2. The average molecular weight is 484 g/mol. The third-order valence-corrected chi connectivity index (χ3v) is 6.08. The van der Waals surface area contributed by atoms with Gasteiger partial charge < -0.3 is 14.5 Å². The van der Waals surface area contributed by atoms with Gasteiger partial charge in [0, 0.05) is 44.4 Å². The molecule has 7 nitrogen and oxygen atoms in total. The molecule has 2 aromatic rings. The molecule has 2 amide bonds. The van der Waals surface area contributed by atoms with Crippen molar-refractivity contribution < 1.29 is 35.9 Å². The molecule has 2 aromatic carbocycles. The quantitative estimate of drug-likeness (QED) is 0.630. The molecule has 11 heteroatoms. The summed E-state index contributed by atoms with van der Waals surface area (Å²) in [5.41, 5.74) is 1.70. The summed E-state index contributed by atoms with van der Waals surface area (Å²) in [6.45, 7) is 1.26. The molecule has 0 N–H and O–H groups in total. The number of piperazine rings is 1. The number of benzene rings is 2. The van der Waals surface area contributed by atoms with Crippen molar-refractivity contribution in [3.63, 3.8) is 0 Å². The van der Waals surface area contributed by atoms with Gasteiger partial charge in [-0.3, -0.25) is 9.59 Å². The fourth-order valence-electron chi connectivity index (χ4n) is 3.45. The van der Waals surface area contributed by atoms with Gasteiger partial charge in [0.05, 0.1) is 5.75 Å². The molecule has 0 saturated carbocycles. The predicted molar refractivity (Wildman–Crippen MR) is 115 cm³/mol. The Balaban J connectivity index is 1.62. The van der Waals surface area contributed by atoms with Crippen LogP contribution in [0, 0.1) is 0 Å². The molecule has 0 atom stereocenters. The van der Waals surface area contributed by atoms with Crippen LogP contribution in [-0.4, -0.2) is 74.6 Å². The number of halogens is 3. The molecule has 0 spiro atoms. The van der Waals surface area contributed by atoms with Crippen molar-refractivity contribution in [2.45, 2.75) is 12.8 Å². The van der Waals surface area contributed by atoms with Crippen molar-refractivity contribution in [1.29, 1.82) is 0 Å². The zero-order valence-electron chi connectivity index (χ0n) is 17.8. The van der Waals surface area contributed by atoms with Gasteiger partial charge in [-0.15, -0.1) is 13.2 Å². The third-order valence-electron chi connectivity index (χ3n) is 5.14. The molecule has 0 radical (unpaired) electrons. The summed E-state index contributed by atoms with van der Waals surface area (Å²) in [5.74, 6) is -1.02. The van der Waals surface area contributed by atoms with Crippen LogP contribution in [-0.2, 0) is 14.6 Å². The molecule has 33 heavy (non-hydrogen) atoms. The van der Waals surface area contributed by atoms with E-state index in [0.717, 1.165) is 6.26 Å². The summed E-state index contributed by atoms with van der Waals surface area (Å²) in [6, 6.07) is 12.1. The third kappa shape index (κ3) is 7.21. The fourth-order valence-corrected chi connectivity index (χ4v) is 4.00. The monoisotopic (exact) mass is 484 g/mol. The minimum absolute atomic E-state index is 0.0817. The number of alkyl halides is 3. The first-order valence-electron chi connectivity index (χ1n) is 10.1. The molecule has 178 valence electrons. The number of rotatable bonds is 6. The summed E-state index contributed by atoms with van der Waals surface area (Å²) < 4.78 is 63.3. The number of hydrogen-bond donors (Lipinski definition) is 0. The number of carbonyl (C=O) groups excluding carboxylic acids is 2. The molecule has 0 unspecified atom stereocenters. The van der Waals surface area contributed by atoms with Gasteiger partial charge >= 0.3 is 6.36 Å². The van der Waals surface area contributed by atoms with Crippen LogP contribution in [0.3, 0.4) is 0 Å². The zero-order chi connectivity index (χ0) is 24.2. The summed E-state index contributed by atoms with van der Waals surface area (Å²) in [6.07, 6.45) is -3.77. The van der Waals surface area contributed by atoms with Gasteiger partial charge in [-0.1, -0.05) is 24.3 Å². The maximum atomic E-state index is 12.9. The number of nitrogens with zero attached hydrogens (tertiary/aromatic N) is 2. The van der Waals surface area contributed by atoms with E-state index in [1.807, 2.05) is 0 Å². The standard InChI is InChI=1S/C22H23F3N2O5S/c1-33(30,31)14-9-20(28)26-10-12-27(13-11-26)21(29)18-4-2-3-17(15-18)16-5-7-19(8-6-16)32-22(23,24)25/h2-8,15H,9-14H2,1H3. The van der Waals surface area contributed by atoms with Crippen LogP contribution in [0.4, 0.5) is 13.2 Å². The number of hydrogen-bond acceptors (Lipinski definition) is 5. The highest BCUT2D eigenvalue weighted by molar-refractivity contribution is 7.90. The summed E-state index contributed by atoms with van der Waals surface area (Å²) in [5, 5.41) is 0. The Bertz CT molecular complexity index is 1110. The largest absolute Gasteiger partial charge is 0.573 e. The molecular weight excluding hydrogens is 461 g/mol. The van der Waals surface area contributed by atoms with Crippen molar-refractivity contribution in [3.05, 3.63) is 54.1 Å². The number of ether oxygens (including phenoxy) is 1. The van der Waals surface area contributed by atoms with Crippen LogP contribution < -0.4 is 4.74 Å². The maximum absolute atomic E-state index is 12.9. The molecule has 0 aliphatic carbocycles. The van der Waals surface area contributed by atoms with E-state index < -0.39 is 16.2 Å². The second-order valence-electron chi connectivity index (χ2n) is 7.71. The molecule has 1 fully saturated rings. The fraction of sp³-hybridized carbons (Fsp3) is 0.364. The molecule has 0 aromatic heterocycles. The van der Waals surface area contributed by atoms with E-state index in [1.165, 1.54) is 24.3 Å². The van der Waals surface area contributed by atoms with E-state index in [4.69, 9.17) is 0 Å². The Morgan fingerprint density at radius 3 is 2.12 bits per heavy atom. The normalized spacial score (nSPS) is 14.8. The van der Waals surface area contributed by atoms with Crippen LogP contribution in [0.2, 0.25) is 0 Å². The first-order valence-corrected chi connectivity index (χ1v) is 12.2. The Morgan fingerprint density at radius 2 is 1.55 bits per heavy atom. The van der Waals surface area contributed by atoms with Crippen molar-refractivity contribution in [3.8, 4) is 16.9 Å². The van der Waals surface area contributed by atoms with Crippen LogP contribution in [0.25, 0.3) is 11.1 Å². The lowest BCUT2D eigenvalue weighted by atomic mass is 10.0. The van der Waals surface area contributed by atoms with Gasteiger partial charge in [-0.25, -0.2) is 8.42 Å². The highest BCUT2D eigenvalue weighted by Crippen LogP contribution is 2.27. The molecule has 1 aliphatic rings. The Hall–Kier alpha value is -3.08. The van der Waals surface area contributed by atoms with Gasteiger partial charge in [0.15, 0.2) is 0 Å². The molecule has 0 bridgehead atoms. The van der Waals surface area contributed by atoms with Crippen LogP contribution >= 0.6 is 0 Å². The van der Waals surface area contributed by atoms with Crippen LogP contribution in [0.5, 0.6) is 5.75 Å². The topological polar surface area (TPSA) is 84.0 Å². The minimum atomic E-state index is -4.77. The van der Waals surface area contributed by atoms with Gasteiger partial charge in [0.2, 0.25) is 5.91 Å². The lowest BCUT2D eigenvalue weighted by Gasteiger charge is -2.35. The Kier molecular flexibility index (Phi) is 7.31. The smallest absolute Gasteiger partial charge is 0.406 e. The lowest BCUT2D eigenvalue weighted by Crippen LogP contribution is -2.50. The highest BCUT2D eigenvalue weighted by Gasteiger charge is 2.31. The minimum Gasteiger partial charge on any atom is -0.406 e. The summed E-state index contributed by atoms with van der Waals surface area (Å²) >= 11 is 0. The van der Waals surface area contributed by atoms with Crippen LogP contribution in [0.15, 0.2) is 48.5 Å².